The second-order valence-corrected chi connectivity index (χ2v) is 7.50. The molecule has 0 spiro atoms. The van der Waals surface area contributed by atoms with Crippen LogP contribution in [0.3, 0.4) is 0 Å². The molecule has 1 saturated heterocycles. The number of ether oxygens (including phenoxy) is 2. The summed E-state index contributed by atoms with van der Waals surface area (Å²) in [5.41, 5.74) is 0.881. The average molecular weight is 334 g/mol. The minimum atomic E-state index is -0.439. The van der Waals surface area contributed by atoms with Crippen LogP contribution in [0.4, 0.5) is 0 Å². The molecule has 1 atom stereocenters. The zero-order valence-electron chi connectivity index (χ0n) is 15.3. The van der Waals surface area contributed by atoms with Gasteiger partial charge in [0.25, 0.3) is 0 Å². The quantitative estimate of drug-likeness (QED) is 0.746. The maximum atomic E-state index is 11.9. The van der Waals surface area contributed by atoms with Crippen LogP contribution in [0, 0.1) is 0 Å². The van der Waals surface area contributed by atoms with Crippen molar-refractivity contribution in [3.8, 4) is 0 Å². The molecule has 0 bridgehead atoms. The van der Waals surface area contributed by atoms with Gasteiger partial charge < -0.3 is 9.47 Å². The first-order chi connectivity index (χ1) is 11.3. The number of morpholine rings is 1. The lowest BCUT2D eigenvalue weighted by Crippen LogP contribution is -2.47. The number of benzene rings is 1. The fourth-order valence-electron chi connectivity index (χ4n) is 2.88. The van der Waals surface area contributed by atoms with Crippen LogP contribution in [0.5, 0.6) is 0 Å². The van der Waals surface area contributed by atoms with Gasteiger partial charge in [0.1, 0.15) is 5.60 Å². The van der Waals surface area contributed by atoms with Crippen molar-refractivity contribution in [2.45, 2.75) is 39.0 Å². The summed E-state index contributed by atoms with van der Waals surface area (Å²) in [6.45, 7) is 10.2. The van der Waals surface area contributed by atoms with E-state index in [1.165, 1.54) is 5.56 Å². The van der Waals surface area contributed by atoms with Crippen molar-refractivity contribution < 1.29 is 14.3 Å². The number of rotatable bonds is 6. The summed E-state index contributed by atoms with van der Waals surface area (Å²) in [6, 6.07) is 10.5. The molecule has 5 heteroatoms. The molecule has 1 heterocycles. The van der Waals surface area contributed by atoms with Crippen LogP contribution in [0.1, 0.15) is 26.3 Å². The van der Waals surface area contributed by atoms with Crippen LogP contribution < -0.4 is 0 Å². The van der Waals surface area contributed by atoms with E-state index in [4.69, 9.17) is 9.47 Å². The zero-order chi connectivity index (χ0) is 17.6. The Balaban J connectivity index is 1.76. The first-order valence-electron chi connectivity index (χ1n) is 8.60. The molecule has 134 valence electrons. The van der Waals surface area contributed by atoms with Gasteiger partial charge >= 0.3 is 5.97 Å². The molecule has 1 unspecified atom stereocenters. The number of carbonyl (C=O) groups excluding carboxylic acids is 1. The molecule has 5 nitrogen and oxygen atoms in total. The first kappa shape index (κ1) is 18.9. The number of nitrogens with zero attached hydrogens (tertiary/aromatic N) is 2. The van der Waals surface area contributed by atoms with E-state index in [0.717, 1.165) is 32.8 Å². The molecule has 24 heavy (non-hydrogen) atoms. The molecule has 0 amide bonds. The molecular formula is C19H30N2O3. The van der Waals surface area contributed by atoms with E-state index in [2.05, 4.69) is 29.2 Å². The van der Waals surface area contributed by atoms with Crippen LogP contribution in [-0.4, -0.2) is 67.3 Å². The highest BCUT2D eigenvalue weighted by Crippen LogP contribution is 2.12. The maximum absolute atomic E-state index is 11.9. The van der Waals surface area contributed by atoms with Gasteiger partial charge in [-0.1, -0.05) is 30.3 Å². The van der Waals surface area contributed by atoms with Crippen LogP contribution in [0.2, 0.25) is 0 Å². The fourth-order valence-corrected chi connectivity index (χ4v) is 2.88. The van der Waals surface area contributed by atoms with Crippen LogP contribution in [0.15, 0.2) is 30.3 Å². The molecule has 1 aromatic carbocycles. The highest BCUT2D eigenvalue weighted by atomic mass is 16.6. The van der Waals surface area contributed by atoms with Gasteiger partial charge in [0, 0.05) is 26.2 Å². The van der Waals surface area contributed by atoms with Gasteiger partial charge in [-0.05, 0) is 33.4 Å². The molecule has 0 saturated carbocycles. The molecule has 2 rings (SSSR count). The van der Waals surface area contributed by atoms with Gasteiger partial charge in [0.15, 0.2) is 0 Å². The third kappa shape index (κ3) is 6.99. The Bertz CT molecular complexity index is 513. The molecule has 1 aromatic rings. The van der Waals surface area contributed by atoms with Crippen molar-refractivity contribution in [3.63, 3.8) is 0 Å². The van der Waals surface area contributed by atoms with E-state index in [1.807, 2.05) is 38.8 Å². The van der Waals surface area contributed by atoms with Gasteiger partial charge in [-0.2, -0.15) is 0 Å². The topological polar surface area (TPSA) is 42.0 Å². The lowest BCUT2D eigenvalue weighted by Gasteiger charge is -2.34. The molecule has 1 fully saturated rings. The minimum absolute atomic E-state index is 0.120. The van der Waals surface area contributed by atoms with Gasteiger partial charge in [0.2, 0.25) is 0 Å². The van der Waals surface area contributed by atoms with Crippen molar-refractivity contribution in [3.05, 3.63) is 35.9 Å². The number of hydrogen-bond acceptors (Lipinski definition) is 5. The zero-order valence-corrected chi connectivity index (χ0v) is 15.3. The Morgan fingerprint density at radius 3 is 2.71 bits per heavy atom. The van der Waals surface area contributed by atoms with Crippen LogP contribution in [-0.2, 0) is 20.8 Å². The van der Waals surface area contributed by atoms with E-state index in [9.17, 15) is 4.79 Å². The monoisotopic (exact) mass is 334 g/mol. The van der Waals surface area contributed by atoms with E-state index in [0.29, 0.717) is 0 Å². The second-order valence-electron chi connectivity index (χ2n) is 7.50. The molecule has 0 aromatic heterocycles. The Hall–Kier alpha value is -1.43. The molecule has 0 aliphatic carbocycles. The SMILES string of the molecule is CN(CC(=O)OC(C)(C)C)CC1CN(Cc2ccccc2)CCO1. The summed E-state index contributed by atoms with van der Waals surface area (Å²) in [6.07, 6.45) is 0.120. The van der Waals surface area contributed by atoms with E-state index in [-0.39, 0.29) is 18.6 Å². The maximum Gasteiger partial charge on any atom is 0.320 e. The van der Waals surface area contributed by atoms with Crippen LogP contribution >= 0.6 is 0 Å². The highest BCUT2D eigenvalue weighted by molar-refractivity contribution is 5.72. The third-order valence-corrected chi connectivity index (χ3v) is 3.81. The van der Waals surface area contributed by atoms with Crippen molar-refractivity contribution >= 4 is 5.97 Å². The molecular weight excluding hydrogens is 304 g/mol. The van der Waals surface area contributed by atoms with E-state index >= 15 is 0 Å². The molecule has 1 aliphatic heterocycles. The standard InChI is InChI=1S/C19H30N2O3/c1-19(2,3)24-18(22)15-20(4)13-17-14-21(10-11-23-17)12-16-8-6-5-7-9-16/h5-9,17H,10-15H2,1-4H3. The molecule has 0 radical (unpaired) electrons. The van der Waals surface area contributed by atoms with Gasteiger partial charge in [-0.25, -0.2) is 0 Å². The Labute approximate surface area is 145 Å². The number of carbonyl (C=O) groups is 1. The fraction of sp³-hybridized carbons (Fsp3) is 0.632. The number of hydrogen-bond donors (Lipinski definition) is 0. The Kier molecular flexibility index (Phi) is 6.78. The second kappa shape index (κ2) is 8.60. The predicted molar refractivity (Wildman–Crippen MR) is 94.8 cm³/mol. The van der Waals surface area contributed by atoms with Crippen molar-refractivity contribution in [1.82, 2.24) is 9.80 Å². The van der Waals surface area contributed by atoms with Gasteiger partial charge in [-0.3, -0.25) is 14.6 Å². The molecule has 1 aliphatic rings. The van der Waals surface area contributed by atoms with Crippen molar-refractivity contribution in [2.24, 2.45) is 0 Å². The van der Waals surface area contributed by atoms with Gasteiger partial charge in [-0.15, -0.1) is 0 Å². The lowest BCUT2D eigenvalue weighted by molar-refractivity contribution is -0.156. The normalized spacial score (nSPS) is 19.5. The summed E-state index contributed by atoms with van der Waals surface area (Å²) < 4.78 is 11.2. The van der Waals surface area contributed by atoms with E-state index < -0.39 is 5.60 Å². The average Bonchev–Trinajstić information content (AvgIpc) is 2.46. The summed E-state index contributed by atoms with van der Waals surface area (Å²) in [5.74, 6) is -0.193. The van der Waals surface area contributed by atoms with Crippen molar-refractivity contribution in [2.75, 3.05) is 39.8 Å². The summed E-state index contributed by atoms with van der Waals surface area (Å²) in [5, 5.41) is 0. The largest absolute Gasteiger partial charge is 0.459 e. The predicted octanol–water partition coefficient (Wildman–Crippen LogP) is 2.16. The third-order valence-electron chi connectivity index (χ3n) is 3.81. The highest BCUT2D eigenvalue weighted by Gasteiger charge is 2.23. The Morgan fingerprint density at radius 2 is 2.04 bits per heavy atom. The lowest BCUT2D eigenvalue weighted by atomic mass is 10.2. The number of likely N-dealkylation sites (N-methyl/N-ethyl adjacent to an activating group) is 1. The molecule has 0 N–H and O–H groups in total. The van der Waals surface area contributed by atoms with E-state index in [1.54, 1.807) is 0 Å². The first-order valence-corrected chi connectivity index (χ1v) is 8.60. The van der Waals surface area contributed by atoms with Crippen molar-refractivity contribution in [1.29, 1.82) is 0 Å². The van der Waals surface area contributed by atoms with Gasteiger partial charge in [0.05, 0.1) is 19.3 Å². The van der Waals surface area contributed by atoms with Crippen LogP contribution in [0.25, 0.3) is 0 Å². The summed E-state index contributed by atoms with van der Waals surface area (Å²) >= 11 is 0. The summed E-state index contributed by atoms with van der Waals surface area (Å²) in [4.78, 5) is 16.3. The smallest absolute Gasteiger partial charge is 0.320 e. The minimum Gasteiger partial charge on any atom is -0.459 e. The number of esters is 1. The Morgan fingerprint density at radius 1 is 1.33 bits per heavy atom. The summed E-state index contributed by atoms with van der Waals surface area (Å²) in [7, 11) is 1.93.